The van der Waals surface area contributed by atoms with E-state index in [1.165, 1.54) is 44.3 Å². The molecule has 112 valence electrons. The normalized spacial score (nSPS) is 21.5. The van der Waals surface area contributed by atoms with E-state index in [1.54, 1.807) is 0 Å². The Bertz CT molecular complexity index is 619. The van der Waals surface area contributed by atoms with Crippen molar-refractivity contribution in [2.45, 2.75) is 31.7 Å². The standard InChI is InChI=1S/C17H24N4/c1-19-16-7-3-2-6-15(16)18-17(19)21-12-8-14(9-13-21)20-10-4-5-11-20/h2-3,6-7,14H,4-5,8-13H2,1H3. The van der Waals surface area contributed by atoms with Gasteiger partial charge in [0.25, 0.3) is 0 Å². The summed E-state index contributed by atoms with van der Waals surface area (Å²) in [5, 5.41) is 0. The topological polar surface area (TPSA) is 24.3 Å². The molecule has 21 heavy (non-hydrogen) atoms. The van der Waals surface area contributed by atoms with Gasteiger partial charge in [0.15, 0.2) is 0 Å². The molecule has 0 saturated carbocycles. The van der Waals surface area contributed by atoms with Gasteiger partial charge in [0, 0.05) is 26.2 Å². The van der Waals surface area contributed by atoms with Gasteiger partial charge in [0.2, 0.25) is 5.95 Å². The highest BCUT2D eigenvalue weighted by Gasteiger charge is 2.27. The van der Waals surface area contributed by atoms with Crippen molar-refractivity contribution in [3.63, 3.8) is 0 Å². The Balaban J connectivity index is 1.50. The Morgan fingerprint density at radius 2 is 1.71 bits per heavy atom. The SMILES string of the molecule is Cn1c(N2CCC(N3CCCC3)CC2)nc2ccccc21. The molecule has 0 spiro atoms. The molecule has 0 N–H and O–H groups in total. The summed E-state index contributed by atoms with van der Waals surface area (Å²) in [7, 11) is 2.14. The van der Waals surface area contributed by atoms with E-state index < -0.39 is 0 Å². The first-order valence-electron chi connectivity index (χ1n) is 8.23. The number of anilines is 1. The van der Waals surface area contributed by atoms with Crippen LogP contribution in [0.25, 0.3) is 11.0 Å². The molecule has 0 amide bonds. The van der Waals surface area contributed by atoms with Gasteiger partial charge in [-0.2, -0.15) is 0 Å². The van der Waals surface area contributed by atoms with Gasteiger partial charge in [-0.25, -0.2) is 4.98 Å². The molecule has 2 fully saturated rings. The number of imidazole rings is 1. The first kappa shape index (κ1) is 13.1. The van der Waals surface area contributed by atoms with E-state index in [-0.39, 0.29) is 0 Å². The largest absolute Gasteiger partial charge is 0.342 e. The molecule has 1 aromatic carbocycles. The maximum absolute atomic E-state index is 4.83. The van der Waals surface area contributed by atoms with Gasteiger partial charge < -0.3 is 14.4 Å². The molecular weight excluding hydrogens is 260 g/mol. The summed E-state index contributed by atoms with van der Waals surface area (Å²) in [6, 6.07) is 9.23. The Morgan fingerprint density at radius 3 is 2.43 bits per heavy atom. The zero-order valence-corrected chi connectivity index (χ0v) is 12.8. The molecule has 1 aromatic heterocycles. The summed E-state index contributed by atoms with van der Waals surface area (Å²) < 4.78 is 2.24. The molecule has 2 aliphatic heterocycles. The van der Waals surface area contributed by atoms with Crippen LogP contribution in [0.15, 0.2) is 24.3 Å². The highest BCUT2D eigenvalue weighted by atomic mass is 15.3. The van der Waals surface area contributed by atoms with Crippen molar-refractivity contribution in [1.29, 1.82) is 0 Å². The molecular formula is C17H24N4. The number of fused-ring (bicyclic) bond motifs is 1. The Kier molecular flexibility index (Phi) is 3.34. The third-order valence-electron chi connectivity index (χ3n) is 5.17. The van der Waals surface area contributed by atoms with Crippen molar-refractivity contribution in [2.75, 3.05) is 31.1 Å². The quantitative estimate of drug-likeness (QED) is 0.847. The number of piperidine rings is 1. The molecule has 3 heterocycles. The van der Waals surface area contributed by atoms with E-state index in [2.05, 4.69) is 45.7 Å². The lowest BCUT2D eigenvalue weighted by molar-refractivity contribution is 0.207. The minimum absolute atomic E-state index is 0.804. The number of hydrogen-bond donors (Lipinski definition) is 0. The van der Waals surface area contributed by atoms with E-state index in [0.717, 1.165) is 30.6 Å². The fourth-order valence-corrected chi connectivity index (χ4v) is 3.95. The van der Waals surface area contributed by atoms with E-state index in [1.807, 2.05) is 0 Å². The third kappa shape index (κ3) is 2.31. The third-order valence-corrected chi connectivity index (χ3v) is 5.17. The van der Waals surface area contributed by atoms with Crippen molar-refractivity contribution in [3.8, 4) is 0 Å². The van der Waals surface area contributed by atoms with Crippen LogP contribution in [0.2, 0.25) is 0 Å². The van der Waals surface area contributed by atoms with Crippen molar-refractivity contribution in [1.82, 2.24) is 14.5 Å². The van der Waals surface area contributed by atoms with Crippen LogP contribution in [0.1, 0.15) is 25.7 Å². The van der Waals surface area contributed by atoms with Gasteiger partial charge in [-0.05, 0) is 50.9 Å². The maximum Gasteiger partial charge on any atom is 0.206 e. The van der Waals surface area contributed by atoms with Crippen LogP contribution in [0, 0.1) is 0 Å². The lowest BCUT2D eigenvalue weighted by atomic mass is 10.0. The van der Waals surface area contributed by atoms with Gasteiger partial charge in [-0.15, -0.1) is 0 Å². The molecule has 0 atom stereocenters. The van der Waals surface area contributed by atoms with E-state index in [0.29, 0.717) is 0 Å². The van der Waals surface area contributed by atoms with Crippen LogP contribution < -0.4 is 4.90 Å². The number of para-hydroxylation sites is 2. The van der Waals surface area contributed by atoms with Crippen LogP contribution in [0.4, 0.5) is 5.95 Å². The van der Waals surface area contributed by atoms with E-state index in [9.17, 15) is 0 Å². The van der Waals surface area contributed by atoms with Crippen LogP contribution >= 0.6 is 0 Å². The second kappa shape index (κ2) is 5.34. The lowest BCUT2D eigenvalue weighted by Gasteiger charge is -2.37. The Hall–Kier alpha value is -1.55. The molecule has 4 nitrogen and oxygen atoms in total. The minimum atomic E-state index is 0.804. The van der Waals surface area contributed by atoms with Crippen LogP contribution in [0.3, 0.4) is 0 Å². The molecule has 2 aliphatic rings. The summed E-state index contributed by atoms with van der Waals surface area (Å²) in [5.74, 6) is 1.14. The zero-order valence-electron chi connectivity index (χ0n) is 12.8. The van der Waals surface area contributed by atoms with E-state index in [4.69, 9.17) is 4.98 Å². The second-order valence-corrected chi connectivity index (χ2v) is 6.42. The summed E-state index contributed by atoms with van der Waals surface area (Å²) in [4.78, 5) is 10.00. The average Bonchev–Trinajstić information content (AvgIpc) is 3.17. The first-order valence-corrected chi connectivity index (χ1v) is 8.23. The number of hydrogen-bond acceptors (Lipinski definition) is 3. The fraction of sp³-hybridized carbons (Fsp3) is 0.588. The number of rotatable bonds is 2. The van der Waals surface area contributed by atoms with Crippen molar-refractivity contribution in [2.24, 2.45) is 7.05 Å². The molecule has 0 aliphatic carbocycles. The zero-order chi connectivity index (χ0) is 14.2. The smallest absolute Gasteiger partial charge is 0.206 e. The number of benzene rings is 1. The molecule has 2 aromatic rings. The predicted molar refractivity (Wildman–Crippen MR) is 86.8 cm³/mol. The molecule has 0 bridgehead atoms. The van der Waals surface area contributed by atoms with Crippen molar-refractivity contribution < 1.29 is 0 Å². The van der Waals surface area contributed by atoms with Gasteiger partial charge in [-0.1, -0.05) is 12.1 Å². The Morgan fingerprint density at radius 1 is 1.00 bits per heavy atom. The lowest BCUT2D eigenvalue weighted by Crippen LogP contribution is -2.44. The number of likely N-dealkylation sites (tertiary alicyclic amines) is 1. The van der Waals surface area contributed by atoms with Crippen LogP contribution in [-0.4, -0.2) is 46.7 Å². The molecule has 4 heteroatoms. The molecule has 2 saturated heterocycles. The fourth-order valence-electron chi connectivity index (χ4n) is 3.95. The number of aromatic nitrogens is 2. The predicted octanol–water partition coefficient (Wildman–Crippen LogP) is 2.64. The van der Waals surface area contributed by atoms with Crippen LogP contribution in [0.5, 0.6) is 0 Å². The number of nitrogens with zero attached hydrogens (tertiary/aromatic N) is 4. The highest BCUT2D eigenvalue weighted by molar-refractivity contribution is 5.78. The van der Waals surface area contributed by atoms with Gasteiger partial charge in [-0.3, -0.25) is 0 Å². The van der Waals surface area contributed by atoms with Crippen molar-refractivity contribution in [3.05, 3.63) is 24.3 Å². The number of aryl methyl sites for hydroxylation is 1. The summed E-state index contributed by atoms with van der Waals surface area (Å²) in [6.07, 6.45) is 5.35. The first-order chi connectivity index (χ1) is 10.3. The maximum atomic E-state index is 4.83. The summed E-state index contributed by atoms with van der Waals surface area (Å²) in [5.41, 5.74) is 2.34. The van der Waals surface area contributed by atoms with Gasteiger partial charge >= 0.3 is 0 Å². The average molecular weight is 284 g/mol. The second-order valence-electron chi connectivity index (χ2n) is 6.42. The summed E-state index contributed by atoms with van der Waals surface area (Å²) in [6.45, 7) is 4.91. The Labute approximate surface area is 126 Å². The monoisotopic (exact) mass is 284 g/mol. The molecule has 0 unspecified atom stereocenters. The van der Waals surface area contributed by atoms with Gasteiger partial charge in [0.05, 0.1) is 11.0 Å². The summed E-state index contributed by atoms with van der Waals surface area (Å²) >= 11 is 0. The minimum Gasteiger partial charge on any atom is -0.342 e. The van der Waals surface area contributed by atoms with Crippen molar-refractivity contribution >= 4 is 17.0 Å². The van der Waals surface area contributed by atoms with Crippen LogP contribution in [-0.2, 0) is 7.05 Å². The molecule has 4 rings (SSSR count). The van der Waals surface area contributed by atoms with Gasteiger partial charge in [0.1, 0.15) is 0 Å². The van der Waals surface area contributed by atoms with E-state index >= 15 is 0 Å². The molecule has 0 radical (unpaired) electrons. The highest BCUT2D eigenvalue weighted by Crippen LogP contribution is 2.26.